The maximum Gasteiger partial charge on any atom is 0.335 e. The minimum absolute atomic E-state index is 0.0185. The SMILES string of the molecule is CCCC[C@H](C)[C@H](O)C=C[C@H]1CC(F)(F)C(=O)N1CCc1ccc(C(=O)O)cc1. The van der Waals surface area contributed by atoms with Gasteiger partial charge in [-0.2, -0.15) is 8.78 Å². The van der Waals surface area contributed by atoms with Crippen LogP contribution in [0.25, 0.3) is 0 Å². The summed E-state index contributed by atoms with van der Waals surface area (Å²) in [6, 6.07) is 5.36. The second kappa shape index (κ2) is 9.96. The molecular weight excluding hydrogens is 380 g/mol. The predicted molar refractivity (Wildman–Crippen MR) is 106 cm³/mol. The number of alkyl halides is 2. The van der Waals surface area contributed by atoms with E-state index < -0.39 is 36.4 Å². The Morgan fingerprint density at radius 1 is 1.34 bits per heavy atom. The summed E-state index contributed by atoms with van der Waals surface area (Å²) >= 11 is 0. The van der Waals surface area contributed by atoms with Crippen LogP contribution in [-0.2, 0) is 11.2 Å². The molecule has 0 aliphatic carbocycles. The van der Waals surface area contributed by atoms with Crippen molar-refractivity contribution in [1.82, 2.24) is 4.90 Å². The minimum Gasteiger partial charge on any atom is -0.478 e. The van der Waals surface area contributed by atoms with Gasteiger partial charge in [0.05, 0.1) is 17.7 Å². The summed E-state index contributed by atoms with van der Waals surface area (Å²) in [5.41, 5.74) is 0.901. The molecule has 0 aromatic heterocycles. The fourth-order valence-electron chi connectivity index (χ4n) is 3.45. The van der Waals surface area contributed by atoms with Crippen LogP contribution in [0.1, 0.15) is 55.5 Å². The molecule has 2 N–H and O–H groups in total. The number of amides is 1. The van der Waals surface area contributed by atoms with Gasteiger partial charge in [0, 0.05) is 13.0 Å². The van der Waals surface area contributed by atoms with E-state index in [1.165, 1.54) is 24.3 Å². The van der Waals surface area contributed by atoms with Crippen LogP contribution >= 0.6 is 0 Å². The number of hydrogen-bond donors (Lipinski definition) is 2. The topological polar surface area (TPSA) is 77.8 Å². The lowest BCUT2D eigenvalue weighted by Gasteiger charge is -2.22. The van der Waals surface area contributed by atoms with Gasteiger partial charge in [-0.1, -0.05) is 51.0 Å². The van der Waals surface area contributed by atoms with Crippen molar-refractivity contribution in [3.8, 4) is 0 Å². The summed E-state index contributed by atoms with van der Waals surface area (Å²) in [5.74, 6) is -5.64. The second-order valence-corrected chi connectivity index (χ2v) is 7.72. The summed E-state index contributed by atoms with van der Waals surface area (Å²) in [6.07, 6.45) is 4.88. The number of aliphatic hydroxyl groups excluding tert-OH is 1. The van der Waals surface area contributed by atoms with Crippen molar-refractivity contribution in [3.05, 3.63) is 47.5 Å². The number of carbonyl (C=O) groups is 2. The average molecular weight is 409 g/mol. The molecule has 1 aromatic rings. The van der Waals surface area contributed by atoms with Gasteiger partial charge in [0.15, 0.2) is 0 Å². The highest BCUT2D eigenvalue weighted by Crippen LogP contribution is 2.34. The number of unbranched alkanes of at least 4 members (excludes halogenated alkanes) is 1. The summed E-state index contributed by atoms with van der Waals surface area (Å²) in [4.78, 5) is 24.2. The third-order valence-corrected chi connectivity index (χ3v) is 5.41. The maximum absolute atomic E-state index is 14.0. The van der Waals surface area contributed by atoms with E-state index in [0.29, 0.717) is 6.42 Å². The smallest absolute Gasteiger partial charge is 0.335 e. The first-order chi connectivity index (χ1) is 13.7. The van der Waals surface area contributed by atoms with Gasteiger partial charge in [0.25, 0.3) is 5.91 Å². The number of aromatic carboxylic acids is 1. The molecule has 160 valence electrons. The third kappa shape index (κ3) is 6.10. The molecule has 29 heavy (non-hydrogen) atoms. The lowest BCUT2D eigenvalue weighted by atomic mass is 9.97. The molecule has 2 rings (SSSR count). The van der Waals surface area contributed by atoms with E-state index in [1.54, 1.807) is 12.1 Å². The van der Waals surface area contributed by atoms with Gasteiger partial charge in [-0.3, -0.25) is 4.79 Å². The van der Waals surface area contributed by atoms with Crippen molar-refractivity contribution < 1.29 is 28.6 Å². The van der Waals surface area contributed by atoms with Crippen LogP contribution in [0.2, 0.25) is 0 Å². The molecule has 0 unspecified atom stereocenters. The zero-order chi connectivity index (χ0) is 21.6. The minimum atomic E-state index is -3.42. The molecule has 1 amide bonds. The number of carboxylic acid groups (broad SMARTS) is 1. The number of nitrogens with zero attached hydrogens (tertiary/aromatic N) is 1. The summed E-state index contributed by atoms with van der Waals surface area (Å²) in [6.45, 7) is 4.07. The van der Waals surface area contributed by atoms with E-state index in [1.807, 2.05) is 6.92 Å². The van der Waals surface area contributed by atoms with Gasteiger partial charge in [0.2, 0.25) is 0 Å². The van der Waals surface area contributed by atoms with Crippen molar-refractivity contribution in [2.24, 2.45) is 5.92 Å². The zero-order valence-electron chi connectivity index (χ0n) is 16.9. The molecule has 7 heteroatoms. The number of carbonyl (C=O) groups excluding carboxylic acids is 1. The van der Waals surface area contributed by atoms with Crippen LogP contribution in [0.5, 0.6) is 0 Å². The number of hydrogen-bond acceptors (Lipinski definition) is 3. The third-order valence-electron chi connectivity index (χ3n) is 5.41. The van der Waals surface area contributed by atoms with Crippen LogP contribution in [0.4, 0.5) is 8.78 Å². The standard InChI is InChI=1S/C22H29F2NO4/c1-3-4-5-15(2)19(26)11-10-18-14-22(23,24)21(29)25(18)13-12-16-6-8-17(9-7-16)20(27)28/h6-11,15,18-19,26H,3-5,12-14H2,1-2H3,(H,27,28)/t15-,18-,19+/m0/s1. The average Bonchev–Trinajstić information content (AvgIpc) is 2.91. The number of carboxylic acids is 1. The fraction of sp³-hybridized carbons (Fsp3) is 0.545. The molecule has 0 saturated carbocycles. The number of aliphatic hydroxyl groups is 1. The number of rotatable bonds is 10. The Hall–Kier alpha value is -2.28. The first kappa shape index (κ1) is 23.0. The molecule has 1 heterocycles. The highest BCUT2D eigenvalue weighted by Gasteiger charge is 2.52. The van der Waals surface area contributed by atoms with Gasteiger partial charge < -0.3 is 15.1 Å². The molecule has 0 bridgehead atoms. The maximum atomic E-state index is 14.0. The number of halogens is 2. The fourth-order valence-corrected chi connectivity index (χ4v) is 3.45. The van der Waals surface area contributed by atoms with E-state index in [2.05, 4.69) is 6.92 Å². The molecule has 0 radical (unpaired) electrons. The quantitative estimate of drug-likeness (QED) is 0.575. The molecule has 1 aliphatic heterocycles. The molecule has 1 aliphatic rings. The zero-order valence-corrected chi connectivity index (χ0v) is 16.9. The van der Waals surface area contributed by atoms with Crippen molar-refractivity contribution in [1.29, 1.82) is 0 Å². The van der Waals surface area contributed by atoms with Gasteiger partial charge in [-0.15, -0.1) is 0 Å². The van der Waals surface area contributed by atoms with Crippen LogP contribution in [0.3, 0.4) is 0 Å². The Bertz CT molecular complexity index is 733. The Morgan fingerprint density at radius 2 is 2.00 bits per heavy atom. The van der Waals surface area contributed by atoms with Gasteiger partial charge in [0.1, 0.15) is 0 Å². The molecule has 1 saturated heterocycles. The van der Waals surface area contributed by atoms with E-state index in [4.69, 9.17) is 5.11 Å². The largest absolute Gasteiger partial charge is 0.478 e. The van der Waals surface area contributed by atoms with Crippen LogP contribution < -0.4 is 0 Å². The molecule has 5 nitrogen and oxygen atoms in total. The Labute approximate surface area is 170 Å². The summed E-state index contributed by atoms with van der Waals surface area (Å²) in [7, 11) is 0. The van der Waals surface area contributed by atoms with Crippen LogP contribution in [0, 0.1) is 5.92 Å². The first-order valence-electron chi connectivity index (χ1n) is 10.0. The predicted octanol–water partition coefficient (Wildman–Crippen LogP) is 3.91. The van der Waals surface area contributed by atoms with Crippen LogP contribution in [-0.4, -0.2) is 51.6 Å². The lowest BCUT2D eigenvalue weighted by molar-refractivity contribution is -0.148. The highest BCUT2D eigenvalue weighted by atomic mass is 19.3. The van der Waals surface area contributed by atoms with Crippen molar-refractivity contribution in [3.63, 3.8) is 0 Å². The highest BCUT2D eigenvalue weighted by molar-refractivity contribution is 5.87. The Kier molecular flexibility index (Phi) is 7.90. The van der Waals surface area contributed by atoms with Crippen molar-refractivity contribution in [2.75, 3.05) is 6.54 Å². The second-order valence-electron chi connectivity index (χ2n) is 7.72. The van der Waals surface area contributed by atoms with E-state index in [9.17, 15) is 23.5 Å². The molecule has 0 spiro atoms. The monoisotopic (exact) mass is 409 g/mol. The van der Waals surface area contributed by atoms with E-state index in [-0.39, 0.29) is 18.0 Å². The lowest BCUT2D eigenvalue weighted by Crippen LogP contribution is -2.37. The van der Waals surface area contributed by atoms with Crippen LogP contribution in [0.15, 0.2) is 36.4 Å². The molecule has 3 atom stereocenters. The number of likely N-dealkylation sites (tertiary alicyclic amines) is 1. The molecular formula is C22H29F2NO4. The first-order valence-corrected chi connectivity index (χ1v) is 10.0. The Morgan fingerprint density at radius 3 is 2.59 bits per heavy atom. The van der Waals surface area contributed by atoms with Gasteiger partial charge in [-0.05, 0) is 36.5 Å². The van der Waals surface area contributed by atoms with Gasteiger partial charge >= 0.3 is 11.9 Å². The van der Waals surface area contributed by atoms with E-state index >= 15 is 0 Å². The normalized spacial score (nSPS) is 20.9. The summed E-state index contributed by atoms with van der Waals surface area (Å²) in [5, 5.41) is 19.2. The number of benzene rings is 1. The van der Waals surface area contributed by atoms with Crippen molar-refractivity contribution in [2.45, 2.75) is 64.0 Å². The van der Waals surface area contributed by atoms with Gasteiger partial charge in [-0.25, -0.2) is 4.79 Å². The molecule has 1 aromatic carbocycles. The van der Waals surface area contributed by atoms with E-state index in [0.717, 1.165) is 29.7 Å². The Balaban J connectivity index is 2.03. The summed E-state index contributed by atoms with van der Waals surface area (Å²) < 4.78 is 28.0. The van der Waals surface area contributed by atoms with Crippen molar-refractivity contribution >= 4 is 11.9 Å². The molecule has 1 fully saturated rings.